The summed E-state index contributed by atoms with van der Waals surface area (Å²) in [5.41, 5.74) is 2.22. The van der Waals surface area contributed by atoms with Crippen molar-refractivity contribution in [3.05, 3.63) is 70.0 Å². The molecule has 2 fully saturated rings. The number of aryl methyl sites for hydroxylation is 1. The van der Waals surface area contributed by atoms with Crippen molar-refractivity contribution >= 4 is 47.5 Å². The van der Waals surface area contributed by atoms with Crippen LogP contribution in [0.1, 0.15) is 62.3 Å². The predicted octanol–water partition coefficient (Wildman–Crippen LogP) is 6.28. The van der Waals surface area contributed by atoms with Gasteiger partial charge >= 0.3 is 0 Å². The van der Waals surface area contributed by atoms with Crippen molar-refractivity contribution in [2.45, 2.75) is 95.3 Å². The standard InChI is InChI=1S/C34H43BrFN5O4Si/c1-23-32(46(2,3)36)30(14-17-39-22-26(15-18-42)37-38-39)45-34(23)28-20-25(35)12-13-29(28)41(33(34)44)21-24-9-8-10-27(19-24)40-16-7-5-4-6-11-31(40)43/h8-10,12-13,19-20,22-23,30,32,42H,4-7,11,14-18,21H2,1-3H3/t23-,30+,32-,34+/m1/s1. The molecule has 9 nitrogen and oxygen atoms in total. The van der Waals surface area contributed by atoms with E-state index in [0.717, 1.165) is 52.7 Å². The number of rotatable bonds is 9. The van der Waals surface area contributed by atoms with E-state index < -0.39 is 31.6 Å². The lowest BCUT2D eigenvalue weighted by molar-refractivity contribution is -0.146. The largest absolute Gasteiger partial charge is 0.396 e. The molecule has 0 saturated carbocycles. The molecule has 0 radical (unpaired) electrons. The second-order valence-electron chi connectivity index (χ2n) is 13.4. The van der Waals surface area contributed by atoms with E-state index in [1.54, 1.807) is 28.9 Å². The molecule has 1 aromatic heterocycles. The molecule has 3 aliphatic heterocycles. The average Bonchev–Trinajstić information content (AvgIpc) is 3.64. The van der Waals surface area contributed by atoms with E-state index in [1.807, 2.05) is 54.3 Å². The number of hydrogen-bond donors (Lipinski definition) is 1. The third-order valence-electron chi connectivity index (χ3n) is 9.91. The number of fused-ring (bicyclic) bond motifs is 2. The van der Waals surface area contributed by atoms with Gasteiger partial charge in [-0.05, 0) is 68.3 Å². The summed E-state index contributed by atoms with van der Waals surface area (Å²) in [6.07, 6.45) is 6.82. The number of halogens is 2. The number of benzene rings is 2. The maximum Gasteiger partial charge on any atom is 0.264 e. The fourth-order valence-corrected chi connectivity index (χ4v) is 10.7. The van der Waals surface area contributed by atoms with Crippen LogP contribution in [0.25, 0.3) is 0 Å². The van der Waals surface area contributed by atoms with Gasteiger partial charge in [-0.3, -0.25) is 14.3 Å². The van der Waals surface area contributed by atoms with E-state index in [-0.39, 0.29) is 18.4 Å². The summed E-state index contributed by atoms with van der Waals surface area (Å²) in [4.78, 5) is 31.4. The van der Waals surface area contributed by atoms with Crippen molar-refractivity contribution in [3.63, 3.8) is 0 Å². The van der Waals surface area contributed by atoms with Gasteiger partial charge in [-0.15, -0.1) is 5.10 Å². The Balaban J connectivity index is 1.31. The minimum Gasteiger partial charge on any atom is -0.396 e. The van der Waals surface area contributed by atoms with Gasteiger partial charge in [-0.1, -0.05) is 53.0 Å². The van der Waals surface area contributed by atoms with Gasteiger partial charge in [0.15, 0.2) is 5.60 Å². The topological polar surface area (TPSA) is 101 Å². The van der Waals surface area contributed by atoms with Crippen LogP contribution in [0, 0.1) is 5.92 Å². The average molecular weight is 713 g/mol. The van der Waals surface area contributed by atoms with Crippen molar-refractivity contribution in [2.75, 3.05) is 23.0 Å². The van der Waals surface area contributed by atoms with Gasteiger partial charge in [0.05, 0.1) is 24.0 Å². The highest BCUT2D eigenvalue weighted by Crippen LogP contribution is 2.60. The Morgan fingerprint density at radius 3 is 2.72 bits per heavy atom. The molecule has 1 N–H and O–H groups in total. The number of aliphatic hydroxyl groups excluding tert-OH is 1. The van der Waals surface area contributed by atoms with Crippen molar-refractivity contribution < 1.29 is 23.5 Å². The minimum absolute atomic E-state index is 0.0115. The summed E-state index contributed by atoms with van der Waals surface area (Å²) in [5, 5.41) is 17.5. The molecule has 1 spiro atoms. The van der Waals surface area contributed by atoms with Crippen LogP contribution in [0.2, 0.25) is 18.6 Å². The van der Waals surface area contributed by atoms with Gasteiger partial charge < -0.3 is 23.8 Å². The van der Waals surface area contributed by atoms with Gasteiger partial charge in [-0.25, -0.2) is 0 Å². The van der Waals surface area contributed by atoms with Crippen molar-refractivity contribution in [1.29, 1.82) is 0 Å². The summed E-state index contributed by atoms with van der Waals surface area (Å²) in [6, 6.07) is 13.7. The Bertz CT molecular complexity index is 1600. The molecule has 3 aromatic rings. The number of anilines is 2. The van der Waals surface area contributed by atoms with Crippen molar-refractivity contribution in [3.8, 4) is 0 Å². The molecular formula is C34H43BrFN5O4Si. The number of ether oxygens (including phenoxy) is 1. The third-order valence-corrected chi connectivity index (χ3v) is 12.9. The van der Waals surface area contributed by atoms with Gasteiger partial charge in [0.2, 0.25) is 14.3 Å². The molecule has 12 heteroatoms. The predicted molar refractivity (Wildman–Crippen MR) is 181 cm³/mol. The van der Waals surface area contributed by atoms with E-state index >= 15 is 4.11 Å². The maximum atomic E-state index is 16.2. The number of hydrogen-bond acceptors (Lipinski definition) is 6. The fraction of sp³-hybridized carbons (Fsp3) is 0.529. The number of aromatic nitrogens is 3. The molecule has 0 aliphatic carbocycles. The highest BCUT2D eigenvalue weighted by molar-refractivity contribution is 9.10. The molecule has 2 amide bonds. The molecule has 246 valence electrons. The number of carbonyl (C=O) groups excluding carboxylic acids is 2. The van der Waals surface area contributed by atoms with Crippen molar-refractivity contribution in [2.24, 2.45) is 5.92 Å². The zero-order valence-corrected chi connectivity index (χ0v) is 29.4. The first-order valence-corrected chi connectivity index (χ1v) is 20.2. The van der Waals surface area contributed by atoms with Crippen LogP contribution in [0.5, 0.6) is 0 Å². The summed E-state index contributed by atoms with van der Waals surface area (Å²) >= 11 is 3.61. The van der Waals surface area contributed by atoms with Gasteiger partial charge in [-0.2, -0.15) is 0 Å². The van der Waals surface area contributed by atoms with Crippen molar-refractivity contribution in [1.82, 2.24) is 15.0 Å². The molecule has 4 heterocycles. The van der Waals surface area contributed by atoms with E-state index in [2.05, 4.69) is 26.2 Å². The van der Waals surface area contributed by atoms with Gasteiger partial charge in [0.25, 0.3) is 5.91 Å². The molecular weight excluding hydrogens is 669 g/mol. The number of nitrogens with zero attached hydrogens (tertiary/aromatic N) is 5. The normalized spacial score (nSPS) is 25.3. The third kappa shape index (κ3) is 6.21. The Hall–Kier alpha value is -2.93. The maximum absolute atomic E-state index is 16.2. The van der Waals surface area contributed by atoms with Crippen LogP contribution in [0.4, 0.5) is 15.5 Å². The fourth-order valence-electron chi connectivity index (χ4n) is 7.82. The first kappa shape index (κ1) is 33.0. The van der Waals surface area contributed by atoms with E-state index in [4.69, 9.17) is 4.74 Å². The second-order valence-corrected chi connectivity index (χ2v) is 18.1. The summed E-state index contributed by atoms with van der Waals surface area (Å²) < 4.78 is 25.6. The molecule has 2 aromatic carbocycles. The van der Waals surface area contributed by atoms with Crippen LogP contribution < -0.4 is 9.80 Å². The highest BCUT2D eigenvalue weighted by Gasteiger charge is 2.66. The second kappa shape index (κ2) is 13.3. The molecule has 46 heavy (non-hydrogen) atoms. The molecule has 2 saturated heterocycles. The van der Waals surface area contributed by atoms with Crippen LogP contribution in [0.3, 0.4) is 0 Å². The molecule has 4 atom stereocenters. The van der Waals surface area contributed by atoms with Gasteiger partial charge in [0, 0.05) is 65.9 Å². The molecule has 6 rings (SSSR count). The Morgan fingerprint density at radius 2 is 1.93 bits per heavy atom. The van der Waals surface area contributed by atoms with Gasteiger partial charge in [0.1, 0.15) is 0 Å². The van der Waals surface area contributed by atoms with E-state index in [0.29, 0.717) is 44.6 Å². The highest BCUT2D eigenvalue weighted by atomic mass is 79.9. The lowest BCUT2D eigenvalue weighted by Gasteiger charge is -2.31. The number of aliphatic hydroxyl groups is 1. The Kier molecular flexibility index (Phi) is 9.53. The minimum atomic E-state index is -3.31. The van der Waals surface area contributed by atoms with Crippen LogP contribution in [-0.4, -0.2) is 59.6 Å². The zero-order valence-electron chi connectivity index (χ0n) is 26.8. The molecule has 3 aliphatic rings. The molecule has 0 bridgehead atoms. The van der Waals surface area contributed by atoms with Crippen LogP contribution in [-0.2, 0) is 39.4 Å². The first-order chi connectivity index (χ1) is 22.0. The molecule has 0 unspecified atom stereocenters. The lowest BCUT2D eigenvalue weighted by atomic mass is 9.82. The van der Waals surface area contributed by atoms with Crippen LogP contribution >= 0.6 is 15.9 Å². The lowest BCUT2D eigenvalue weighted by Crippen LogP contribution is -2.45. The number of amides is 2. The summed E-state index contributed by atoms with van der Waals surface area (Å²) in [6.45, 7) is 6.82. The monoisotopic (exact) mass is 711 g/mol. The first-order valence-electron chi connectivity index (χ1n) is 16.4. The van der Waals surface area contributed by atoms with E-state index in [9.17, 15) is 14.7 Å². The quantitative estimate of drug-likeness (QED) is 0.207. The Morgan fingerprint density at radius 1 is 1.13 bits per heavy atom. The smallest absolute Gasteiger partial charge is 0.264 e. The Labute approximate surface area is 279 Å². The number of carbonyl (C=O) groups is 2. The summed E-state index contributed by atoms with van der Waals surface area (Å²) in [7, 11) is -3.31. The van der Waals surface area contributed by atoms with E-state index in [1.165, 1.54) is 0 Å². The zero-order chi connectivity index (χ0) is 32.6. The summed E-state index contributed by atoms with van der Waals surface area (Å²) in [5.74, 6) is -0.444. The van der Waals surface area contributed by atoms with Crippen LogP contribution in [0.15, 0.2) is 53.1 Å². The SMILES string of the molecule is C[C@@H]1[C@@H]([Si](C)(C)F)[C@H](CCn2cc(CCO)nn2)O[C@@]12C(=O)N(Cc1cccc(N3CCCCCCC3=O)c1)c1ccc(Br)cc12.